The van der Waals surface area contributed by atoms with E-state index in [1.807, 2.05) is 13.1 Å². The smallest absolute Gasteiger partial charge is 0.165 e. The number of hydrogen-bond acceptors (Lipinski definition) is 4. The molecule has 17 heavy (non-hydrogen) atoms. The van der Waals surface area contributed by atoms with E-state index < -0.39 is 0 Å². The van der Waals surface area contributed by atoms with Crippen LogP contribution in [0.25, 0.3) is 10.8 Å². The summed E-state index contributed by atoms with van der Waals surface area (Å²) in [6, 6.07) is 2.41. The van der Waals surface area contributed by atoms with E-state index in [1.54, 1.807) is 17.6 Å². The van der Waals surface area contributed by atoms with Gasteiger partial charge in [-0.25, -0.2) is 4.98 Å². The van der Waals surface area contributed by atoms with Crippen molar-refractivity contribution < 1.29 is 4.42 Å². The van der Waals surface area contributed by atoms with Crippen LogP contribution >= 0.6 is 11.3 Å². The van der Waals surface area contributed by atoms with Crippen molar-refractivity contribution in [2.45, 2.75) is 32.2 Å². The van der Waals surface area contributed by atoms with E-state index in [4.69, 9.17) is 9.40 Å². The molecule has 3 rings (SSSR count). The minimum atomic E-state index is 0.416. The molecule has 2 aromatic heterocycles. The molecule has 0 spiro atoms. The summed E-state index contributed by atoms with van der Waals surface area (Å²) in [4.78, 5) is 6.19. The van der Waals surface area contributed by atoms with E-state index in [1.165, 1.54) is 23.4 Å². The second-order valence-corrected chi connectivity index (χ2v) is 5.58. The predicted molar refractivity (Wildman–Crippen MR) is 69.3 cm³/mol. The number of aryl methyl sites for hydroxylation is 2. The van der Waals surface area contributed by atoms with Crippen LogP contribution in [0.1, 0.15) is 35.0 Å². The van der Waals surface area contributed by atoms with Gasteiger partial charge in [0.1, 0.15) is 0 Å². The molecule has 0 bridgehead atoms. The van der Waals surface area contributed by atoms with E-state index in [0.717, 1.165) is 22.8 Å². The summed E-state index contributed by atoms with van der Waals surface area (Å²) in [7, 11) is 2.01. The average molecular weight is 248 g/mol. The molecular weight excluding hydrogens is 232 g/mol. The monoisotopic (exact) mass is 248 g/mol. The van der Waals surface area contributed by atoms with Crippen molar-refractivity contribution in [3.8, 4) is 10.8 Å². The van der Waals surface area contributed by atoms with Gasteiger partial charge >= 0.3 is 0 Å². The Bertz CT molecular complexity index is 529. The van der Waals surface area contributed by atoms with Crippen molar-refractivity contribution in [1.29, 1.82) is 0 Å². The Labute approximate surface area is 105 Å². The average Bonchev–Trinajstić information content (AvgIpc) is 2.93. The molecule has 90 valence electrons. The molecule has 0 saturated heterocycles. The van der Waals surface area contributed by atoms with Gasteiger partial charge in [-0.3, -0.25) is 0 Å². The maximum Gasteiger partial charge on any atom is 0.165 e. The number of hydrogen-bond donors (Lipinski definition) is 1. The van der Waals surface area contributed by atoms with E-state index >= 15 is 0 Å². The van der Waals surface area contributed by atoms with Crippen LogP contribution in [-0.4, -0.2) is 12.0 Å². The summed E-state index contributed by atoms with van der Waals surface area (Å²) in [5.41, 5.74) is 2.40. The maximum atomic E-state index is 5.52. The molecule has 1 aliphatic rings. The quantitative estimate of drug-likeness (QED) is 0.886. The molecule has 0 saturated carbocycles. The molecule has 0 aromatic carbocycles. The lowest BCUT2D eigenvalue weighted by atomic mass is 9.98. The normalized spacial score (nSPS) is 19.3. The molecule has 0 aliphatic heterocycles. The van der Waals surface area contributed by atoms with Crippen LogP contribution in [0, 0.1) is 6.92 Å². The molecule has 2 heterocycles. The standard InChI is InChI=1S/C13H16N2OS/c1-8-6-7-16-12(8)13-15-11-9(14-2)4-3-5-10(11)17-13/h6-7,9,14H,3-5H2,1-2H3. The number of nitrogens with zero attached hydrogens (tertiary/aromatic N) is 1. The van der Waals surface area contributed by atoms with Gasteiger partial charge in [-0.15, -0.1) is 11.3 Å². The largest absolute Gasteiger partial charge is 0.462 e. The number of nitrogens with one attached hydrogen (secondary N) is 1. The van der Waals surface area contributed by atoms with E-state index in [-0.39, 0.29) is 0 Å². The number of aromatic nitrogens is 1. The summed E-state index contributed by atoms with van der Waals surface area (Å²) < 4.78 is 5.52. The molecule has 0 radical (unpaired) electrons. The summed E-state index contributed by atoms with van der Waals surface area (Å²) in [6.45, 7) is 2.06. The molecule has 1 aliphatic carbocycles. The molecule has 3 nitrogen and oxygen atoms in total. The highest BCUT2D eigenvalue weighted by Gasteiger charge is 2.24. The molecule has 1 unspecified atom stereocenters. The fraction of sp³-hybridized carbons (Fsp3) is 0.462. The van der Waals surface area contributed by atoms with E-state index in [9.17, 15) is 0 Å². The Hall–Kier alpha value is -1.13. The number of rotatable bonds is 2. The molecule has 2 aromatic rings. The van der Waals surface area contributed by atoms with Crippen molar-refractivity contribution in [2.75, 3.05) is 7.05 Å². The first-order chi connectivity index (χ1) is 8.29. The first-order valence-corrected chi connectivity index (χ1v) is 6.82. The van der Waals surface area contributed by atoms with Gasteiger partial charge in [0.2, 0.25) is 0 Å². The van der Waals surface area contributed by atoms with Crippen molar-refractivity contribution in [2.24, 2.45) is 0 Å². The predicted octanol–water partition coefficient (Wildman–Crippen LogP) is 3.31. The van der Waals surface area contributed by atoms with Gasteiger partial charge < -0.3 is 9.73 Å². The Balaban J connectivity index is 2.04. The van der Waals surface area contributed by atoms with Gasteiger partial charge in [-0.2, -0.15) is 0 Å². The molecule has 1 atom stereocenters. The first-order valence-electron chi connectivity index (χ1n) is 6.01. The maximum absolute atomic E-state index is 5.52. The van der Waals surface area contributed by atoms with Crippen LogP contribution in [-0.2, 0) is 6.42 Å². The van der Waals surface area contributed by atoms with Gasteiger partial charge in [0.15, 0.2) is 10.8 Å². The van der Waals surface area contributed by atoms with Crippen LogP contribution in [0.4, 0.5) is 0 Å². The molecular formula is C13H16N2OS. The van der Waals surface area contributed by atoms with Gasteiger partial charge in [0, 0.05) is 4.88 Å². The lowest BCUT2D eigenvalue weighted by molar-refractivity contribution is 0.489. The van der Waals surface area contributed by atoms with E-state index in [0.29, 0.717) is 6.04 Å². The minimum Gasteiger partial charge on any atom is -0.462 e. The highest BCUT2D eigenvalue weighted by Crippen LogP contribution is 2.37. The van der Waals surface area contributed by atoms with E-state index in [2.05, 4.69) is 12.2 Å². The molecule has 1 N–H and O–H groups in total. The fourth-order valence-corrected chi connectivity index (χ4v) is 3.61. The Morgan fingerprint density at radius 1 is 1.53 bits per heavy atom. The van der Waals surface area contributed by atoms with Crippen LogP contribution in [0.2, 0.25) is 0 Å². The molecule has 0 amide bonds. The molecule has 4 heteroatoms. The summed E-state index contributed by atoms with van der Waals surface area (Å²) in [5.74, 6) is 0.930. The topological polar surface area (TPSA) is 38.1 Å². The summed E-state index contributed by atoms with van der Waals surface area (Å²) in [6.07, 6.45) is 5.33. The lowest BCUT2D eigenvalue weighted by Gasteiger charge is -2.19. The zero-order valence-corrected chi connectivity index (χ0v) is 10.9. The minimum absolute atomic E-state index is 0.416. The highest BCUT2D eigenvalue weighted by atomic mass is 32.1. The van der Waals surface area contributed by atoms with Crippen LogP contribution < -0.4 is 5.32 Å². The number of thiazole rings is 1. The van der Waals surface area contributed by atoms with Gasteiger partial charge in [-0.1, -0.05) is 0 Å². The second kappa shape index (κ2) is 4.27. The number of fused-ring (bicyclic) bond motifs is 1. The SMILES string of the molecule is CNC1CCCc2sc(-c3occc3C)nc21. The van der Waals surface area contributed by atoms with Crippen LogP contribution in [0.15, 0.2) is 16.7 Å². The fourth-order valence-electron chi connectivity index (χ4n) is 2.39. The van der Waals surface area contributed by atoms with Gasteiger partial charge in [0.05, 0.1) is 18.0 Å². The third-order valence-electron chi connectivity index (χ3n) is 3.36. The van der Waals surface area contributed by atoms with Crippen molar-refractivity contribution in [1.82, 2.24) is 10.3 Å². The molecule has 0 fully saturated rings. The van der Waals surface area contributed by atoms with Crippen LogP contribution in [0.5, 0.6) is 0 Å². The van der Waals surface area contributed by atoms with Crippen molar-refractivity contribution in [3.05, 3.63) is 28.5 Å². The first kappa shape index (κ1) is 11.0. The van der Waals surface area contributed by atoms with Crippen molar-refractivity contribution in [3.63, 3.8) is 0 Å². The Morgan fingerprint density at radius 2 is 2.41 bits per heavy atom. The van der Waals surface area contributed by atoms with Gasteiger partial charge in [0.25, 0.3) is 0 Å². The highest BCUT2D eigenvalue weighted by molar-refractivity contribution is 7.15. The second-order valence-electron chi connectivity index (χ2n) is 4.49. The van der Waals surface area contributed by atoms with Gasteiger partial charge in [-0.05, 0) is 44.9 Å². The van der Waals surface area contributed by atoms with Crippen molar-refractivity contribution >= 4 is 11.3 Å². The lowest BCUT2D eigenvalue weighted by Crippen LogP contribution is -2.21. The third-order valence-corrected chi connectivity index (χ3v) is 4.49. The third kappa shape index (κ3) is 1.81. The Morgan fingerprint density at radius 3 is 3.12 bits per heavy atom. The zero-order valence-electron chi connectivity index (χ0n) is 10.1. The zero-order chi connectivity index (χ0) is 11.8. The summed E-state index contributed by atoms with van der Waals surface area (Å²) >= 11 is 1.78. The van der Waals surface area contributed by atoms with Crippen LogP contribution in [0.3, 0.4) is 0 Å². The Kier molecular flexibility index (Phi) is 2.76. The summed E-state index contributed by atoms with van der Waals surface area (Å²) in [5, 5.41) is 4.37. The number of furan rings is 1.